The number of nitrogens with one attached hydrogen (secondary N) is 2. The van der Waals surface area contributed by atoms with Gasteiger partial charge < -0.3 is 15.0 Å². The molecule has 0 aliphatic carbocycles. The number of nitro groups is 1. The maximum atomic E-state index is 12.2. The van der Waals surface area contributed by atoms with Crippen LogP contribution < -0.4 is 5.32 Å². The summed E-state index contributed by atoms with van der Waals surface area (Å²) in [5.74, 6) is -0.660. The Kier molecular flexibility index (Phi) is 5.90. The molecule has 0 unspecified atom stereocenters. The van der Waals surface area contributed by atoms with Gasteiger partial charge in [-0.1, -0.05) is 17.8 Å². The van der Waals surface area contributed by atoms with Crippen LogP contribution in [0.15, 0.2) is 47.6 Å². The van der Waals surface area contributed by atoms with Gasteiger partial charge in [0.15, 0.2) is 5.16 Å². The predicted octanol–water partition coefficient (Wildman–Crippen LogP) is 3.38. The molecule has 28 heavy (non-hydrogen) atoms. The molecule has 1 heterocycles. The maximum Gasteiger partial charge on any atom is 0.338 e. The number of nitro benzene ring substituents is 1. The zero-order valence-electron chi connectivity index (χ0n) is 14.8. The van der Waals surface area contributed by atoms with Crippen molar-refractivity contribution in [2.24, 2.45) is 0 Å². The number of carbonyl (C=O) groups is 2. The van der Waals surface area contributed by atoms with Gasteiger partial charge in [-0.15, -0.1) is 0 Å². The molecular weight excluding hydrogens is 384 g/mol. The number of nitrogens with zero attached hydrogens (tertiary/aromatic N) is 2. The lowest BCUT2D eigenvalue weighted by molar-refractivity contribution is -0.384. The van der Waals surface area contributed by atoms with Gasteiger partial charge in [0.2, 0.25) is 5.91 Å². The number of aromatic amines is 1. The second-order valence-corrected chi connectivity index (χ2v) is 6.60. The van der Waals surface area contributed by atoms with Crippen LogP contribution in [0.25, 0.3) is 11.0 Å². The Balaban J connectivity index is 1.61. The number of ether oxygens (including phenoxy) is 1. The molecule has 0 aliphatic heterocycles. The fourth-order valence-corrected chi connectivity index (χ4v) is 3.11. The van der Waals surface area contributed by atoms with E-state index in [4.69, 9.17) is 4.74 Å². The molecule has 10 heteroatoms. The van der Waals surface area contributed by atoms with Crippen molar-refractivity contribution < 1.29 is 19.2 Å². The second-order valence-electron chi connectivity index (χ2n) is 5.64. The molecule has 0 radical (unpaired) electrons. The lowest BCUT2D eigenvalue weighted by Gasteiger charge is -2.06. The van der Waals surface area contributed by atoms with Crippen molar-refractivity contribution in [2.75, 3.05) is 17.7 Å². The van der Waals surface area contributed by atoms with Gasteiger partial charge in [-0.2, -0.15) is 0 Å². The third kappa shape index (κ3) is 4.65. The topological polar surface area (TPSA) is 127 Å². The van der Waals surface area contributed by atoms with Crippen molar-refractivity contribution in [3.05, 3.63) is 58.1 Å². The van der Waals surface area contributed by atoms with Gasteiger partial charge >= 0.3 is 5.97 Å². The first-order chi connectivity index (χ1) is 13.5. The van der Waals surface area contributed by atoms with E-state index in [2.05, 4.69) is 15.3 Å². The Morgan fingerprint density at radius 3 is 2.86 bits per heavy atom. The van der Waals surface area contributed by atoms with Crippen LogP contribution in [0.2, 0.25) is 0 Å². The van der Waals surface area contributed by atoms with Crippen molar-refractivity contribution in [1.82, 2.24) is 9.97 Å². The van der Waals surface area contributed by atoms with Crippen LogP contribution in [0.1, 0.15) is 17.3 Å². The van der Waals surface area contributed by atoms with E-state index in [0.29, 0.717) is 27.4 Å². The first kappa shape index (κ1) is 19.4. The Labute approximate surface area is 163 Å². The molecule has 2 N–H and O–H groups in total. The fraction of sp³-hybridized carbons (Fsp3) is 0.167. The first-order valence-corrected chi connectivity index (χ1v) is 9.29. The van der Waals surface area contributed by atoms with E-state index in [1.54, 1.807) is 37.3 Å². The molecule has 9 nitrogen and oxygen atoms in total. The van der Waals surface area contributed by atoms with Crippen molar-refractivity contribution in [1.29, 1.82) is 0 Å². The van der Waals surface area contributed by atoms with Crippen LogP contribution in [-0.2, 0) is 9.53 Å². The van der Waals surface area contributed by atoms with Crippen molar-refractivity contribution in [2.45, 2.75) is 12.1 Å². The number of aromatic nitrogens is 2. The number of fused-ring (bicyclic) bond motifs is 1. The molecule has 0 atom stereocenters. The maximum absolute atomic E-state index is 12.2. The highest BCUT2D eigenvalue weighted by Crippen LogP contribution is 2.23. The molecule has 2 aromatic carbocycles. The van der Waals surface area contributed by atoms with E-state index in [1.165, 1.54) is 23.9 Å². The van der Waals surface area contributed by atoms with Gasteiger partial charge in [-0.05, 0) is 31.2 Å². The number of amides is 1. The number of hydrogen-bond acceptors (Lipinski definition) is 7. The summed E-state index contributed by atoms with van der Waals surface area (Å²) in [6, 6.07) is 10.8. The summed E-state index contributed by atoms with van der Waals surface area (Å²) in [5, 5.41) is 14.0. The quantitative estimate of drug-likeness (QED) is 0.269. The van der Waals surface area contributed by atoms with Gasteiger partial charge in [0.05, 0.1) is 33.9 Å². The lowest BCUT2D eigenvalue weighted by atomic mass is 10.2. The summed E-state index contributed by atoms with van der Waals surface area (Å²) in [7, 11) is 0. The summed E-state index contributed by atoms with van der Waals surface area (Å²) >= 11 is 1.17. The van der Waals surface area contributed by atoms with Crippen LogP contribution in [0.4, 0.5) is 11.4 Å². The summed E-state index contributed by atoms with van der Waals surface area (Å²) in [6.07, 6.45) is 0. The monoisotopic (exact) mass is 400 g/mol. The Morgan fingerprint density at radius 1 is 1.29 bits per heavy atom. The molecule has 144 valence electrons. The highest BCUT2D eigenvalue weighted by molar-refractivity contribution is 7.99. The Hall–Kier alpha value is -3.40. The minimum absolute atomic E-state index is 0.0353. The average molecular weight is 400 g/mol. The van der Waals surface area contributed by atoms with Gasteiger partial charge in [0.1, 0.15) is 0 Å². The van der Waals surface area contributed by atoms with E-state index in [9.17, 15) is 19.7 Å². The van der Waals surface area contributed by atoms with Crippen LogP contribution in [0.3, 0.4) is 0 Å². The summed E-state index contributed by atoms with van der Waals surface area (Å²) in [6.45, 7) is 1.99. The minimum atomic E-state index is -0.481. The zero-order chi connectivity index (χ0) is 20.1. The number of carbonyl (C=O) groups excluding carboxylic acids is 2. The highest BCUT2D eigenvalue weighted by atomic mass is 32.2. The minimum Gasteiger partial charge on any atom is -0.462 e. The van der Waals surface area contributed by atoms with Gasteiger partial charge in [0.25, 0.3) is 5.69 Å². The number of thioether (sulfide) groups is 1. The molecule has 0 spiro atoms. The number of esters is 1. The number of non-ortho nitro benzene ring substituents is 1. The largest absolute Gasteiger partial charge is 0.462 e. The SMILES string of the molecule is CCOC(=O)c1cccc(NC(=O)CSc2nc3ccc([N+](=O)[O-])cc3[nH]2)c1. The zero-order valence-corrected chi connectivity index (χ0v) is 15.6. The number of hydrogen-bond donors (Lipinski definition) is 2. The molecule has 0 saturated carbocycles. The number of imidazole rings is 1. The molecule has 0 saturated heterocycles. The molecule has 0 fully saturated rings. The van der Waals surface area contributed by atoms with E-state index in [1.807, 2.05) is 0 Å². The Morgan fingerprint density at radius 2 is 2.11 bits per heavy atom. The molecule has 1 amide bonds. The summed E-state index contributed by atoms with van der Waals surface area (Å²) in [4.78, 5) is 41.5. The van der Waals surface area contributed by atoms with Crippen molar-refractivity contribution >= 4 is 46.0 Å². The molecule has 3 rings (SSSR count). The molecule has 0 bridgehead atoms. The summed E-state index contributed by atoms with van der Waals surface area (Å²) < 4.78 is 4.93. The highest BCUT2D eigenvalue weighted by Gasteiger charge is 2.12. The predicted molar refractivity (Wildman–Crippen MR) is 105 cm³/mol. The first-order valence-electron chi connectivity index (χ1n) is 8.30. The van der Waals surface area contributed by atoms with Crippen molar-refractivity contribution in [3.63, 3.8) is 0 Å². The standard InChI is InChI=1S/C18H16N4O5S/c1-2-27-17(24)11-4-3-5-12(8-11)19-16(23)10-28-18-20-14-7-6-13(22(25)26)9-15(14)21-18/h3-9H,2,10H2,1H3,(H,19,23)(H,20,21). The van der Waals surface area contributed by atoms with Gasteiger partial charge in [-0.25, -0.2) is 9.78 Å². The number of rotatable bonds is 7. The molecule has 3 aromatic rings. The van der Waals surface area contributed by atoms with E-state index >= 15 is 0 Å². The lowest BCUT2D eigenvalue weighted by Crippen LogP contribution is -2.14. The van der Waals surface area contributed by atoms with E-state index in [0.717, 1.165) is 0 Å². The Bertz CT molecular complexity index is 1050. The number of anilines is 1. The summed E-state index contributed by atoms with van der Waals surface area (Å²) in [5.41, 5.74) is 1.91. The third-order valence-corrected chi connectivity index (χ3v) is 4.53. The molecular formula is C18H16N4O5S. The van der Waals surface area contributed by atoms with Crippen LogP contribution in [0, 0.1) is 10.1 Å². The smallest absolute Gasteiger partial charge is 0.338 e. The van der Waals surface area contributed by atoms with Crippen LogP contribution in [-0.4, -0.2) is 39.1 Å². The van der Waals surface area contributed by atoms with Gasteiger partial charge in [0, 0.05) is 17.8 Å². The van der Waals surface area contributed by atoms with Crippen LogP contribution >= 0.6 is 11.8 Å². The average Bonchev–Trinajstić information content (AvgIpc) is 3.09. The van der Waals surface area contributed by atoms with E-state index in [-0.39, 0.29) is 24.0 Å². The third-order valence-electron chi connectivity index (χ3n) is 3.65. The van der Waals surface area contributed by atoms with Gasteiger partial charge in [-0.3, -0.25) is 14.9 Å². The fourth-order valence-electron chi connectivity index (χ4n) is 2.43. The van der Waals surface area contributed by atoms with Crippen LogP contribution in [0.5, 0.6) is 0 Å². The number of H-pyrrole nitrogens is 1. The number of benzene rings is 2. The second kappa shape index (κ2) is 8.53. The van der Waals surface area contributed by atoms with E-state index < -0.39 is 10.9 Å². The van der Waals surface area contributed by atoms with Crippen molar-refractivity contribution in [3.8, 4) is 0 Å². The normalized spacial score (nSPS) is 10.6. The molecule has 0 aliphatic rings. The molecule has 1 aromatic heterocycles.